The van der Waals surface area contributed by atoms with Crippen molar-refractivity contribution >= 4 is 35.4 Å². The minimum atomic E-state index is 0.125. The number of aromatic nitrogens is 3. The summed E-state index contributed by atoms with van der Waals surface area (Å²) >= 11 is 0. The van der Waals surface area contributed by atoms with Crippen LogP contribution in [0.2, 0.25) is 12.6 Å². The standard InChI is InChI=1S/C22H24BN7O/c1-26-12-15(11-24)17-8-19-18(9-20(17)31-2)27-14-30(19)22-5-3-4-21(29-22)28-16-6-7-23(10-16)13-25/h3-5,8-9,11-12,14,16,24,26H,6-7,10H2,1-2H3,(H,28,29)/b15-12+,24-11?. The molecule has 1 aromatic carbocycles. The van der Waals surface area contributed by atoms with Gasteiger partial charge in [0.25, 0.3) is 6.71 Å². The van der Waals surface area contributed by atoms with Crippen molar-refractivity contribution in [1.82, 2.24) is 19.9 Å². The van der Waals surface area contributed by atoms with Crippen LogP contribution in [-0.2, 0) is 0 Å². The first kappa shape index (κ1) is 20.5. The summed E-state index contributed by atoms with van der Waals surface area (Å²) in [4.78, 5) is 9.30. The van der Waals surface area contributed by atoms with Gasteiger partial charge in [0, 0.05) is 48.7 Å². The molecule has 3 heterocycles. The molecule has 4 rings (SSSR count). The van der Waals surface area contributed by atoms with Crippen LogP contribution in [0.4, 0.5) is 5.82 Å². The number of nitriles is 1. The number of fused-ring (bicyclic) bond motifs is 1. The predicted molar refractivity (Wildman–Crippen MR) is 124 cm³/mol. The molecule has 9 heteroatoms. The first-order valence-corrected chi connectivity index (χ1v) is 10.2. The number of methoxy groups -OCH3 is 1. The lowest BCUT2D eigenvalue weighted by atomic mass is 9.50. The molecule has 3 N–H and O–H groups in total. The molecule has 0 aliphatic carbocycles. The second-order valence-electron chi connectivity index (χ2n) is 7.55. The van der Waals surface area contributed by atoms with Gasteiger partial charge in [-0.3, -0.25) is 4.57 Å². The van der Waals surface area contributed by atoms with Crippen LogP contribution >= 0.6 is 0 Å². The van der Waals surface area contributed by atoms with Crippen LogP contribution in [-0.4, -0.2) is 47.7 Å². The van der Waals surface area contributed by atoms with Crippen LogP contribution in [0.25, 0.3) is 22.4 Å². The quantitative estimate of drug-likeness (QED) is 0.405. The molecule has 3 aromatic rings. The number of hydrogen-bond acceptors (Lipinski definition) is 7. The molecular formula is C22H24BN7O. The molecular weight excluding hydrogens is 389 g/mol. The fourth-order valence-corrected chi connectivity index (χ4v) is 4.04. The zero-order valence-corrected chi connectivity index (χ0v) is 17.6. The molecule has 1 unspecified atom stereocenters. The summed E-state index contributed by atoms with van der Waals surface area (Å²) in [7, 11) is 3.41. The highest BCUT2D eigenvalue weighted by molar-refractivity contribution is 6.67. The van der Waals surface area contributed by atoms with E-state index in [0.29, 0.717) is 11.3 Å². The normalized spacial score (nSPS) is 16.2. The van der Waals surface area contributed by atoms with Crippen molar-refractivity contribution in [3.05, 3.63) is 48.4 Å². The first-order chi connectivity index (χ1) is 15.2. The zero-order valence-electron chi connectivity index (χ0n) is 17.6. The number of rotatable bonds is 7. The second kappa shape index (κ2) is 8.92. The Morgan fingerprint density at radius 3 is 3.00 bits per heavy atom. The lowest BCUT2D eigenvalue weighted by Gasteiger charge is -2.14. The molecule has 0 saturated carbocycles. The van der Waals surface area contributed by atoms with Gasteiger partial charge in [-0.05, 0) is 30.9 Å². The van der Waals surface area contributed by atoms with Gasteiger partial charge in [-0.2, -0.15) is 0 Å². The second-order valence-corrected chi connectivity index (χ2v) is 7.55. The van der Waals surface area contributed by atoms with Crippen LogP contribution in [0.15, 0.2) is 42.9 Å². The molecule has 0 radical (unpaired) electrons. The maximum Gasteiger partial charge on any atom is 0.269 e. The molecule has 31 heavy (non-hydrogen) atoms. The number of nitrogens with zero attached hydrogens (tertiary/aromatic N) is 4. The highest BCUT2D eigenvalue weighted by atomic mass is 16.5. The Morgan fingerprint density at radius 1 is 1.42 bits per heavy atom. The number of benzene rings is 1. The number of hydrogen-bond donors (Lipinski definition) is 3. The minimum absolute atomic E-state index is 0.125. The Kier molecular flexibility index (Phi) is 5.89. The largest absolute Gasteiger partial charge is 0.496 e. The van der Waals surface area contributed by atoms with Crippen LogP contribution < -0.4 is 15.4 Å². The molecule has 1 aliphatic rings. The van der Waals surface area contributed by atoms with Crippen LogP contribution in [0.1, 0.15) is 12.0 Å². The third kappa shape index (κ3) is 4.10. The first-order valence-electron chi connectivity index (χ1n) is 10.2. The van der Waals surface area contributed by atoms with Gasteiger partial charge < -0.3 is 20.8 Å². The van der Waals surface area contributed by atoms with E-state index in [0.717, 1.165) is 47.3 Å². The monoisotopic (exact) mass is 413 g/mol. The molecule has 8 nitrogen and oxygen atoms in total. The van der Waals surface area contributed by atoms with Crippen LogP contribution in [0.5, 0.6) is 5.75 Å². The van der Waals surface area contributed by atoms with Gasteiger partial charge in [0.1, 0.15) is 23.7 Å². The zero-order chi connectivity index (χ0) is 21.8. The molecule has 1 aliphatic heterocycles. The molecule has 2 aromatic heterocycles. The number of ether oxygens (including phenoxy) is 1. The van der Waals surface area contributed by atoms with Gasteiger partial charge in [-0.25, -0.2) is 15.2 Å². The van der Waals surface area contributed by atoms with Crippen LogP contribution in [0, 0.1) is 16.6 Å². The fourth-order valence-electron chi connectivity index (χ4n) is 4.04. The lowest BCUT2D eigenvalue weighted by Crippen LogP contribution is -2.17. The Hall–Kier alpha value is -3.80. The summed E-state index contributed by atoms with van der Waals surface area (Å²) < 4.78 is 7.47. The Labute approximate surface area is 181 Å². The minimum Gasteiger partial charge on any atom is -0.496 e. The van der Waals surface area contributed by atoms with E-state index in [1.165, 1.54) is 6.21 Å². The number of nitrogens with one attached hydrogen (secondary N) is 3. The van der Waals surface area contributed by atoms with Gasteiger partial charge in [0.05, 0.1) is 18.1 Å². The van der Waals surface area contributed by atoms with Gasteiger partial charge in [0.2, 0.25) is 0 Å². The Balaban J connectivity index is 1.71. The molecule has 0 spiro atoms. The van der Waals surface area contributed by atoms with Crippen molar-refractivity contribution in [3.8, 4) is 17.5 Å². The summed E-state index contributed by atoms with van der Waals surface area (Å²) in [5, 5.41) is 23.3. The van der Waals surface area contributed by atoms with Gasteiger partial charge >= 0.3 is 0 Å². The average Bonchev–Trinajstić information content (AvgIpc) is 3.43. The Bertz CT molecular complexity index is 1180. The molecule has 0 amide bonds. The van der Waals surface area contributed by atoms with Crippen molar-refractivity contribution in [2.75, 3.05) is 19.5 Å². The van der Waals surface area contributed by atoms with Crippen LogP contribution in [0.3, 0.4) is 0 Å². The van der Waals surface area contributed by atoms with E-state index in [-0.39, 0.29) is 12.8 Å². The van der Waals surface area contributed by atoms with Gasteiger partial charge in [-0.15, -0.1) is 0 Å². The molecule has 1 saturated heterocycles. The third-order valence-corrected chi connectivity index (χ3v) is 5.58. The number of imidazole rings is 1. The van der Waals surface area contributed by atoms with Crippen molar-refractivity contribution in [2.45, 2.75) is 25.1 Å². The summed E-state index contributed by atoms with van der Waals surface area (Å²) in [5.41, 5.74) is 3.14. The van der Waals surface area contributed by atoms with Gasteiger partial charge in [0.15, 0.2) is 0 Å². The maximum absolute atomic E-state index is 9.14. The Morgan fingerprint density at radius 2 is 2.29 bits per heavy atom. The molecule has 1 fully saturated rings. The summed E-state index contributed by atoms with van der Waals surface area (Å²) in [6, 6.07) is 9.94. The highest BCUT2D eigenvalue weighted by Gasteiger charge is 2.28. The van der Waals surface area contributed by atoms with Gasteiger partial charge in [-0.1, -0.05) is 12.4 Å². The third-order valence-electron chi connectivity index (χ3n) is 5.58. The summed E-state index contributed by atoms with van der Waals surface area (Å²) in [6.45, 7) is 0.125. The van der Waals surface area contributed by atoms with E-state index >= 15 is 0 Å². The fraction of sp³-hybridized carbons (Fsp3) is 0.273. The number of anilines is 1. The molecule has 1 atom stereocenters. The summed E-state index contributed by atoms with van der Waals surface area (Å²) in [5.74, 6) is 4.54. The van der Waals surface area contributed by atoms with E-state index in [2.05, 4.69) is 21.6 Å². The number of pyridine rings is 1. The van der Waals surface area contributed by atoms with E-state index in [1.54, 1.807) is 26.7 Å². The van der Waals surface area contributed by atoms with E-state index in [1.807, 2.05) is 34.9 Å². The topological polar surface area (TPSA) is 112 Å². The van der Waals surface area contributed by atoms with E-state index in [9.17, 15) is 0 Å². The highest BCUT2D eigenvalue weighted by Crippen LogP contribution is 2.31. The summed E-state index contributed by atoms with van der Waals surface area (Å²) in [6.07, 6.45) is 7.55. The van der Waals surface area contributed by atoms with E-state index < -0.39 is 0 Å². The predicted octanol–water partition coefficient (Wildman–Crippen LogP) is 3.38. The smallest absolute Gasteiger partial charge is 0.269 e. The molecule has 0 bridgehead atoms. The molecule has 156 valence electrons. The van der Waals surface area contributed by atoms with Crippen molar-refractivity contribution in [1.29, 1.82) is 10.7 Å². The van der Waals surface area contributed by atoms with Crippen molar-refractivity contribution in [3.63, 3.8) is 0 Å². The van der Waals surface area contributed by atoms with E-state index in [4.69, 9.17) is 20.4 Å². The van der Waals surface area contributed by atoms with Crippen molar-refractivity contribution < 1.29 is 4.74 Å². The lowest BCUT2D eigenvalue weighted by molar-refractivity contribution is 0.414. The maximum atomic E-state index is 9.14. The van der Waals surface area contributed by atoms with Crippen molar-refractivity contribution in [2.24, 2.45) is 0 Å². The number of allylic oxidation sites excluding steroid dienone is 1. The average molecular weight is 413 g/mol. The SMILES string of the molecule is CN/C=C(\C=N)c1cc2c(cc1OC)ncn2-c1cccc(NC2CCB(C#N)C2)n1.